The molecule has 1 heterocycles. The van der Waals surface area contributed by atoms with Crippen LogP contribution in [0.4, 0.5) is 0 Å². The molecule has 0 unspecified atom stereocenters. The van der Waals surface area contributed by atoms with Crippen LogP contribution in [0.1, 0.15) is 0 Å². The minimum Gasteiger partial charge on any atom is -0.478 e. The highest BCUT2D eigenvalue weighted by Crippen LogP contribution is 2.07. The SMILES string of the molecule is O=C(O)C=CCn1ncc(=O)c2ccccc21. The number of carboxylic acids is 1. The van der Waals surface area contributed by atoms with E-state index in [1.165, 1.54) is 12.3 Å². The Labute approximate surface area is 96.6 Å². The fraction of sp³-hybridized carbons (Fsp3) is 0.0833. The smallest absolute Gasteiger partial charge is 0.328 e. The Bertz CT molecular complexity index is 643. The number of rotatable bonds is 3. The number of carboxylic acid groups (broad SMARTS) is 1. The van der Waals surface area contributed by atoms with Gasteiger partial charge in [0.25, 0.3) is 0 Å². The molecule has 0 aliphatic heterocycles. The molecule has 2 rings (SSSR count). The first-order chi connectivity index (χ1) is 8.18. The molecule has 17 heavy (non-hydrogen) atoms. The molecule has 0 spiro atoms. The molecule has 1 N–H and O–H groups in total. The van der Waals surface area contributed by atoms with Crippen molar-refractivity contribution in [3.8, 4) is 0 Å². The molecule has 0 saturated heterocycles. The molecule has 1 aromatic heterocycles. The van der Waals surface area contributed by atoms with Gasteiger partial charge in [-0.25, -0.2) is 4.79 Å². The van der Waals surface area contributed by atoms with Crippen LogP contribution in [0.2, 0.25) is 0 Å². The number of fused-ring (bicyclic) bond motifs is 1. The second kappa shape index (κ2) is 4.61. The van der Waals surface area contributed by atoms with Crippen molar-refractivity contribution in [3.63, 3.8) is 0 Å². The van der Waals surface area contributed by atoms with Crippen LogP contribution in [0.3, 0.4) is 0 Å². The van der Waals surface area contributed by atoms with E-state index in [0.717, 1.165) is 6.08 Å². The van der Waals surface area contributed by atoms with E-state index in [2.05, 4.69) is 5.10 Å². The Morgan fingerprint density at radius 3 is 2.94 bits per heavy atom. The van der Waals surface area contributed by atoms with Crippen molar-refractivity contribution in [3.05, 3.63) is 52.8 Å². The van der Waals surface area contributed by atoms with E-state index in [-0.39, 0.29) is 5.43 Å². The minimum absolute atomic E-state index is 0.140. The summed E-state index contributed by atoms with van der Waals surface area (Å²) >= 11 is 0. The summed E-state index contributed by atoms with van der Waals surface area (Å²) in [4.78, 5) is 21.9. The third-order valence-corrected chi connectivity index (χ3v) is 2.30. The first-order valence-corrected chi connectivity index (χ1v) is 5.03. The zero-order chi connectivity index (χ0) is 12.3. The molecular weight excluding hydrogens is 220 g/mol. The Hall–Kier alpha value is -2.43. The number of para-hydroxylation sites is 1. The molecule has 86 valence electrons. The van der Waals surface area contributed by atoms with Crippen molar-refractivity contribution in [2.75, 3.05) is 0 Å². The lowest BCUT2D eigenvalue weighted by Gasteiger charge is -2.05. The van der Waals surface area contributed by atoms with Crippen LogP contribution in [0.15, 0.2) is 47.4 Å². The molecule has 0 fully saturated rings. The summed E-state index contributed by atoms with van der Waals surface area (Å²) in [6.07, 6.45) is 3.76. The third kappa shape index (κ3) is 2.39. The summed E-state index contributed by atoms with van der Waals surface area (Å²) in [5.74, 6) is -1.00. The lowest BCUT2D eigenvalue weighted by atomic mass is 10.2. The highest BCUT2D eigenvalue weighted by atomic mass is 16.4. The number of nitrogens with zero attached hydrogens (tertiary/aromatic N) is 2. The fourth-order valence-electron chi connectivity index (χ4n) is 1.56. The Kier molecular flexibility index (Phi) is 3.00. The zero-order valence-electron chi connectivity index (χ0n) is 8.91. The van der Waals surface area contributed by atoms with Crippen molar-refractivity contribution in [2.24, 2.45) is 0 Å². The highest BCUT2D eigenvalue weighted by molar-refractivity contribution is 5.80. The Morgan fingerprint density at radius 1 is 1.41 bits per heavy atom. The normalized spacial score (nSPS) is 11.1. The molecule has 0 saturated carbocycles. The predicted octanol–water partition coefficient (Wildman–Crippen LogP) is 1.04. The van der Waals surface area contributed by atoms with Crippen LogP contribution in [0.25, 0.3) is 10.9 Å². The van der Waals surface area contributed by atoms with Crippen LogP contribution < -0.4 is 5.43 Å². The van der Waals surface area contributed by atoms with Gasteiger partial charge < -0.3 is 5.11 Å². The predicted molar refractivity (Wildman–Crippen MR) is 62.8 cm³/mol. The van der Waals surface area contributed by atoms with Gasteiger partial charge in [-0.15, -0.1) is 0 Å². The van der Waals surface area contributed by atoms with Gasteiger partial charge in [0.05, 0.1) is 18.3 Å². The number of carbonyl (C=O) groups is 1. The summed E-state index contributed by atoms with van der Waals surface area (Å²) in [5.41, 5.74) is 0.550. The second-order valence-electron chi connectivity index (χ2n) is 3.45. The molecule has 2 aromatic rings. The van der Waals surface area contributed by atoms with E-state index in [9.17, 15) is 9.59 Å². The summed E-state index contributed by atoms with van der Waals surface area (Å²) in [7, 11) is 0. The first kappa shape index (κ1) is 11.1. The van der Waals surface area contributed by atoms with Crippen molar-refractivity contribution in [2.45, 2.75) is 6.54 Å². The largest absolute Gasteiger partial charge is 0.478 e. The van der Waals surface area contributed by atoms with Crippen molar-refractivity contribution in [1.82, 2.24) is 9.78 Å². The monoisotopic (exact) mass is 230 g/mol. The van der Waals surface area contributed by atoms with Crippen LogP contribution >= 0.6 is 0 Å². The van der Waals surface area contributed by atoms with E-state index in [0.29, 0.717) is 17.4 Å². The molecule has 0 aliphatic rings. The molecule has 5 heteroatoms. The van der Waals surface area contributed by atoms with Gasteiger partial charge in [-0.1, -0.05) is 18.2 Å². The van der Waals surface area contributed by atoms with E-state index < -0.39 is 5.97 Å². The molecule has 5 nitrogen and oxygen atoms in total. The van der Waals surface area contributed by atoms with Gasteiger partial charge in [0, 0.05) is 11.5 Å². The maximum absolute atomic E-state index is 11.5. The Balaban J connectivity index is 2.45. The van der Waals surface area contributed by atoms with Crippen molar-refractivity contribution in [1.29, 1.82) is 0 Å². The van der Waals surface area contributed by atoms with Crippen molar-refractivity contribution < 1.29 is 9.90 Å². The molecular formula is C12H10N2O3. The standard InChI is InChI=1S/C12H10N2O3/c15-11-8-13-14(7-3-6-12(16)17)10-5-2-1-4-9(10)11/h1-6,8H,7H2,(H,16,17). The zero-order valence-corrected chi connectivity index (χ0v) is 8.91. The quantitative estimate of drug-likeness (QED) is 0.799. The van der Waals surface area contributed by atoms with Crippen molar-refractivity contribution >= 4 is 16.9 Å². The van der Waals surface area contributed by atoms with Gasteiger partial charge in [0.2, 0.25) is 5.43 Å². The van der Waals surface area contributed by atoms with Gasteiger partial charge in [0.1, 0.15) is 0 Å². The van der Waals surface area contributed by atoms with E-state index in [4.69, 9.17) is 5.11 Å². The molecule has 0 radical (unpaired) electrons. The van der Waals surface area contributed by atoms with Gasteiger partial charge in [-0.2, -0.15) is 5.10 Å². The average molecular weight is 230 g/mol. The van der Waals surface area contributed by atoms with Crippen LogP contribution in [0, 0.1) is 0 Å². The molecule has 0 bridgehead atoms. The van der Waals surface area contributed by atoms with Crippen LogP contribution in [-0.4, -0.2) is 20.9 Å². The lowest BCUT2D eigenvalue weighted by molar-refractivity contribution is -0.131. The van der Waals surface area contributed by atoms with Crippen LogP contribution in [0.5, 0.6) is 0 Å². The Morgan fingerprint density at radius 2 is 2.18 bits per heavy atom. The topological polar surface area (TPSA) is 72.2 Å². The van der Waals surface area contributed by atoms with E-state index in [1.807, 2.05) is 0 Å². The summed E-state index contributed by atoms with van der Waals surface area (Å²) in [6, 6.07) is 7.08. The molecule has 0 aliphatic carbocycles. The maximum Gasteiger partial charge on any atom is 0.328 e. The van der Waals surface area contributed by atoms with E-state index in [1.54, 1.807) is 28.9 Å². The highest BCUT2D eigenvalue weighted by Gasteiger charge is 2.01. The molecule has 0 amide bonds. The number of hydrogen-bond acceptors (Lipinski definition) is 3. The van der Waals surface area contributed by atoms with Crippen LogP contribution in [-0.2, 0) is 11.3 Å². The maximum atomic E-state index is 11.5. The number of aromatic nitrogens is 2. The average Bonchev–Trinajstić information content (AvgIpc) is 2.32. The van der Waals surface area contributed by atoms with Gasteiger partial charge in [0.15, 0.2) is 0 Å². The first-order valence-electron chi connectivity index (χ1n) is 5.03. The summed E-state index contributed by atoms with van der Waals surface area (Å²) < 4.78 is 1.58. The fourth-order valence-corrected chi connectivity index (χ4v) is 1.56. The van der Waals surface area contributed by atoms with E-state index >= 15 is 0 Å². The number of benzene rings is 1. The number of aliphatic carboxylic acids is 1. The number of allylic oxidation sites excluding steroid dienone is 1. The van der Waals surface area contributed by atoms with Gasteiger partial charge >= 0.3 is 5.97 Å². The minimum atomic E-state index is -1.00. The van der Waals surface area contributed by atoms with Gasteiger partial charge in [-0.05, 0) is 12.1 Å². The summed E-state index contributed by atoms with van der Waals surface area (Å²) in [6.45, 7) is 0.313. The molecule has 1 aromatic carbocycles. The van der Waals surface area contributed by atoms with Gasteiger partial charge in [-0.3, -0.25) is 9.48 Å². The molecule has 0 atom stereocenters. The third-order valence-electron chi connectivity index (χ3n) is 2.30. The second-order valence-corrected chi connectivity index (χ2v) is 3.45. The summed E-state index contributed by atoms with van der Waals surface area (Å²) in [5, 5.41) is 13.0. The number of hydrogen-bond donors (Lipinski definition) is 1. The lowest BCUT2D eigenvalue weighted by Crippen LogP contribution is -2.11.